The minimum absolute atomic E-state index is 0.0761. The first-order valence-corrected chi connectivity index (χ1v) is 28.4. The van der Waals surface area contributed by atoms with E-state index in [0.717, 1.165) is 103 Å². The fraction of sp³-hybridized carbons (Fsp3) is 0.754. The molecule has 0 saturated heterocycles. The molecule has 0 aliphatic carbocycles. The first kappa shape index (κ1) is 63.8. The second-order valence-corrected chi connectivity index (χ2v) is 18.8. The lowest BCUT2D eigenvalue weighted by Gasteiger charge is -2.18. The van der Waals surface area contributed by atoms with E-state index in [1.54, 1.807) is 0 Å². The summed E-state index contributed by atoms with van der Waals surface area (Å²) in [6.07, 6.45) is 70.6. The van der Waals surface area contributed by atoms with Gasteiger partial charge in [-0.2, -0.15) is 0 Å². The van der Waals surface area contributed by atoms with Crippen LogP contribution >= 0.6 is 0 Å². The Morgan fingerprint density at radius 1 is 0.313 bits per heavy atom. The lowest BCUT2D eigenvalue weighted by Crippen LogP contribution is -2.30. The molecular formula is C61H106O6. The third-order valence-electron chi connectivity index (χ3n) is 12.2. The third kappa shape index (κ3) is 53.7. The summed E-state index contributed by atoms with van der Waals surface area (Å²) < 4.78 is 16.8. The van der Waals surface area contributed by atoms with Crippen LogP contribution in [-0.4, -0.2) is 37.2 Å². The van der Waals surface area contributed by atoms with E-state index < -0.39 is 6.10 Å². The van der Waals surface area contributed by atoms with Gasteiger partial charge in [0.1, 0.15) is 13.2 Å². The molecule has 67 heavy (non-hydrogen) atoms. The minimum Gasteiger partial charge on any atom is -0.462 e. The van der Waals surface area contributed by atoms with E-state index >= 15 is 0 Å². The van der Waals surface area contributed by atoms with Crippen molar-refractivity contribution < 1.29 is 28.6 Å². The molecule has 0 N–H and O–H groups in total. The van der Waals surface area contributed by atoms with Crippen LogP contribution in [0.5, 0.6) is 0 Å². The van der Waals surface area contributed by atoms with Crippen LogP contribution in [0, 0.1) is 0 Å². The lowest BCUT2D eigenvalue weighted by atomic mass is 10.0. The Hall–Kier alpha value is -3.15. The van der Waals surface area contributed by atoms with Gasteiger partial charge in [-0.3, -0.25) is 14.4 Å². The number of unbranched alkanes of at least 4 members (excludes halogenated alkanes) is 28. The van der Waals surface area contributed by atoms with Crippen molar-refractivity contribution in [1.29, 1.82) is 0 Å². The highest BCUT2D eigenvalue weighted by Crippen LogP contribution is 2.16. The second-order valence-electron chi connectivity index (χ2n) is 18.8. The summed E-state index contributed by atoms with van der Waals surface area (Å²) in [5.41, 5.74) is 0. The van der Waals surface area contributed by atoms with Crippen molar-refractivity contribution in [3.63, 3.8) is 0 Å². The summed E-state index contributed by atoms with van der Waals surface area (Å²) in [4.78, 5) is 37.9. The minimum atomic E-state index is -0.775. The van der Waals surface area contributed by atoms with Gasteiger partial charge in [0, 0.05) is 19.3 Å². The highest BCUT2D eigenvalue weighted by Gasteiger charge is 2.19. The van der Waals surface area contributed by atoms with Crippen LogP contribution in [0.25, 0.3) is 0 Å². The van der Waals surface area contributed by atoms with Gasteiger partial charge in [0.25, 0.3) is 0 Å². The van der Waals surface area contributed by atoms with Crippen molar-refractivity contribution in [1.82, 2.24) is 0 Å². The van der Waals surface area contributed by atoms with E-state index in [4.69, 9.17) is 14.2 Å². The van der Waals surface area contributed by atoms with Crippen molar-refractivity contribution in [2.45, 2.75) is 284 Å². The molecule has 0 fully saturated rings. The van der Waals surface area contributed by atoms with Gasteiger partial charge in [-0.05, 0) is 89.9 Å². The molecule has 6 heteroatoms. The van der Waals surface area contributed by atoms with E-state index in [2.05, 4.69) is 93.7 Å². The molecule has 0 bridgehead atoms. The topological polar surface area (TPSA) is 78.9 Å². The first-order valence-electron chi connectivity index (χ1n) is 28.4. The van der Waals surface area contributed by atoms with Crippen molar-refractivity contribution in [2.24, 2.45) is 0 Å². The number of ether oxygens (including phenoxy) is 3. The van der Waals surface area contributed by atoms with E-state index in [0.29, 0.717) is 19.3 Å². The number of carbonyl (C=O) groups excluding carboxylic acids is 3. The third-order valence-corrected chi connectivity index (χ3v) is 12.2. The number of esters is 3. The quantitative estimate of drug-likeness (QED) is 0.0262. The summed E-state index contributed by atoms with van der Waals surface area (Å²) in [6, 6.07) is 0. The molecule has 1 unspecified atom stereocenters. The van der Waals surface area contributed by atoms with Gasteiger partial charge in [0.05, 0.1) is 0 Å². The predicted octanol–water partition coefficient (Wildman–Crippen LogP) is 19.0. The average molecular weight is 936 g/mol. The van der Waals surface area contributed by atoms with Crippen LogP contribution in [0.15, 0.2) is 72.9 Å². The molecule has 0 aromatic rings. The molecule has 0 radical (unpaired) electrons. The average Bonchev–Trinajstić information content (AvgIpc) is 3.33. The molecule has 0 aromatic heterocycles. The molecule has 0 saturated carbocycles. The molecule has 0 spiro atoms. The monoisotopic (exact) mass is 935 g/mol. The van der Waals surface area contributed by atoms with Gasteiger partial charge in [-0.15, -0.1) is 0 Å². The number of hydrogen-bond donors (Lipinski definition) is 0. The highest BCUT2D eigenvalue weighted by molar-refractivity contribution is 5.71. The van der Waals surface area contributed by atoms with Gasteiger partial charge in [-0.1, -0.05) is 241 Å². The normalized spacial score (nSPS) is 12.6. The Balaban J connectivity index is 4.09. The highest BCUT2D eigenvalue weighted by atomic mass is 16.6. The number of allylic oxidation sites excluding steroid dienone is 12. The zero-order chi connectivity index (χ0) is 48.6. The standard InChI is InChI=1S/C61H106O6/c1-4-7-10-13-16-19-21-23-24-25-26-27-28-29-30-31-32-33-34-35-36-37-38-39-41-42-45-48-51-54-60(63)66-57-58(56-65-59(62)53-50-47-44-18-15-12-9-6-3)67-61(64)55-52-49-46-43-40-22-20-17-14-11-8-5-2/h7,10,16-17,19-20,23-24,26-27,29-30,58H,4-6,8-9,11-15,18,21-22,25,28,31-57H2,1-3H3/b10-7-,19-16-,20-17-,24-23-,27-26-,30-29-. The van der Waals surface area contributed by atoms with E-state index in [9.17, 15) is 14.4 Å². The van der Waals surface area contributed by atoms with Gasteiger partial charge < -0.3 is 14.2 Å². The fourth-order valence-corrected chi connectivity index (χ4v) is 7.93. The van der Waals surface area contributed by atoms with E-state index in [-0.39, 0.29) is 31.1 Å². The Labute approximate surface area is 414 Å². The van der Waals surface area contributed by atoms with Crippen molar-refractivity contribution >= 4 is 17.9 Å². The Kier molecular flexibility index (Phi) is 52.8. The van der Waals surface area contributed by atoms with Gasteiger partial charge in [0.2, 0.25) is 0 Å². The van der Waals surface area contributed by atoms with Crippen LogP contribution in [0.3, 0.4) is 0 Å². The van der Waals surface area contributed by atoms with Gasteiger partial charge >= 0.3 is 17.9 Å². The fourth-order valence-electron chi connectivity index (χ4n) is 7.93. The van der Waals surface area contributed by atoms with Crippen LogP contribution in [0.2, 0.25) is 0 Å². The lowest BCUT2D eigenvalue weighted by molar-refractivity contribution is -0.167. The summed E-state index contributed by atoms with van der Waals surface area (Å²) in [5, 5.41) is 0. The maximum absolute atomic E-state index is 12.8. The molecule has 0 aromatic carbocycles. The summed E-state index contributed by atoms with van der Waals surface area (Å²) in [7, 11) is 0. The zero-order valence-electron chi connectivity index (χ0n) is 44.2. The van der Waals surface area contributed by atoms with Crippen molar-refractivity contribution in [3.8, 4) is 0 Å². The molecule has 0 heterocycles. The van der Waals surface area contributed by atoms with E-state index in [1.165, 1.54) is 135 Å². The van der Waals surface area contributed by atoms with Gasteiger partial charge in [0.15, 0.2) is 6.10 Å². The SMILES string of the molecule is CC/C=C\C/C=C\C/C=C\C/C=C\C/C=C\CCCCCCCCCCCCCCCC(=O)OCC(COC(=O)CCCCCCCCCC)OC(=O)CCCCCCC/C=C\CCCCC. The molecule has 6 nitrogen and oxygen atoms in total. The maximum Gasteiger partial charge on any atom is 0.306 e. The molecule has 0 amide bonds. The first-order chi connectivity index (χ1) is 33.0. The number of carbonyl (C=O) groups is 3. The molecular weight excluding hydrogens is 829 g/mol. The van der Waals surface area contributed by atoms with Crippen LogP contribution in [-0.2, 0) is 28.6 Å². The van der Waals surface area contributed by atoms with E-state index in [1.807, 2.05) is 0 Å². The summed E-state index contributed by atoms with van der Waals surface area (Å²) in [5.74, 6) is -0.885. The van der Waals surface area contributed by atoms with Crippen molar-refractivity contribution in [3.05, 3.63) is 72.9 Å². The largest absolute Gasteiger partial charge is 0.462 e. The molecule has 0 aliphatic heterocycles. The Morgan fingerprint density at radius 3 is 0.955 bits per heavy atom. The Morgan fingerprint density at radius 2 is 0.582 bits per heavy atom. The summed E-state index contributed by atoms with van der Waals surface area (Å²) in [6.45, 7) is 6.47. The molecule has 386 valence electrons. The Bertz CT molecular complexity index is 1260. The van der Waals surface area contributed by atoms with Gasteiger partial charge in [-0.25, -0.2) is 0 Å². The number of rotatable bonds is 51. The van der Waals surface area contributed by atoms with Crippen LogP contribution in [0.4, 0.5) is 0 Å². The summed E-state index contributed by atoms with van der Waals surface area (Å²) >= 11 is 0. The smallest absolute Gasteiger partial charge is 0.306 e. The molecule has 0 rings (SSSR count). The van der Waals surface area contributed by atoms with Crippen LogP contribution < -0.4 is 0 Å². The van der Waals surface area contributed by atoms with Crippen molar-refractivity contribution in [2.75, 3.05) is 13.2 Å². The maximum atomic E-state index is 12.8. The van der Waals surface area contributed by atoms with Crippen LogP contribution in [0.1, 0.15) is 278 Å². The molecule has 0 aliphatic rings. The zero-order valence-corrected chi connectivity index (χ0v) is 44.2. The predicted molar refractivity (Wildman–Crippen MR) is 288 cm³/mol. The molecule has 1 atom stereocenters. The second kappa shape index (κ2) is 55.4. The number of hydrogen-bond acceptors (Lipinski definition) is 6.